The highest BCUT2D eigenvalue weighted by atomic mass is 16.4. The molecule has 16 heavy (non-hydrogen) atoms. The molecule has 0 heterocycles. The number of carboxylic acids is 1. The minimum Gasteiger partial charge on any atom is -0.480 e. The lowest BCUT2D eigenvalue weighted by Crippen LogP contribution is -2.47. The molecule has 0 aromatic heterocycles. The maximum Gasteiger partial charge on any atom is 0.318 e. The van der Waals surface area contributed by atoms with Crippen LogP contribution in [0, 0.1) is 11.3 Å². The van der Waals surface area contributed by atoms with Gasteiger partial charge in [-0.25, -0.2) is 0 Å². The third kappa shape index (κ3) is 2.52. The molecule has 92 valence electrons. The van der Waals surface area contributed by atoms with Gasteiger partial charge in [0.25, 0.3) is 0 Å². The highest BCUT2D eigenvalue weighted by Crippen LogP contribution is 2.29. The van der Waals surface area contributed by atoms with E-state index in [9.17, 15) is 9.59 Å². The number of carbonyl (C=O) groups excluding carboxylic acids is 1. The fourth-order valence-electron chi connectivity index (χ4n) is 1.89. The molecular formula is C11H19NO4. The van der Waals surface area contributed by atoms with Gasteiger partial charge in [0, 0.05) is 13.6 Å². The summed E-state index contributed by atoms with van der Waals surface area (Å²) < 4.78 is 0. The van der Waals surface area contributed by atoms with Crippen molar-refractivity contribution in [2.45, 2.75) is 32.8 Å². The van der Waals surface area contributed by atoms with Crippen LogP contribution in [0.15, 0.2) is 0 Å². The van der Waals surface area contributed by atoms with E-state index in [0.29, 0.717) is 25.3 Å². The second-order valence-corrected chi connectivity index (χ2v) is 5.11. The second kappa shape index (κ2) is 4.41. The molecule has 0 aromatic carbocycles. The summed E-state index contributed by atoms with van der Waals surface area (Å²) in [5.74, 6) is -1.20. The van der Waals surface area contributed by atoms with E-state index in [4.69, 9.17) is 10.2 Å². The third-order valence-corrected chi connectivity index (χ3v) is 3.16. The normalized spacial score (nSPS) is 24.8. The summed E-state index contributed by atoms with van der Waals surface area (Å²) in [6, 6.07) is 0. The summed E-state index contributed by atoms with van der Waals surface area (Å²) >= 11 is 0. The van der Waals surface area contributed by atoms with E-state index in [2.05, 4.69) is 0 Å². The molecule has 0 aromatic rings. The van der Waals surface area contributed by atoms with E-state index in [-0.39, 0.29) is 12.0 Å². The van der Waals surface area contributed by atoms with E-state index < -0.39 is 11.4 Å². The van der Waals surface area contributed by atoms with Crippen LogP contribution >= 0.6 is 0 Å². The zero-order valence-corrected chi connectivity index (χ0v) is 9.93. The van der Waals surface area contributed by atoms with E-state index in [1.54, 1.807) is 7.05 Å². The number of nitrogens with zero attached hydrogens (tertiary/aromatic N) is 1. The largest absolute Gasteiger partial charge is 0.480 e. The molecule has 0 radical (unpaired) electrons. The lowest BCUT2D eigenvalue weighted by atomic mass is 9.81. The summed E-state index contributed by atoms with van der Waals surface area (Å²) in [4.78, 5) is 24.2. The van der Waals surface area contributed by atoms with Crippen molar-refractivity contribution in [3.63, 3.8) is 0 Å². The summed E-state index contributed by atoms with van der Waals surface area (Å²) in [6.07, 6.45) is 1.15. The summed E-state index contributed by atoms with van der Waals surface area (Å²) in [5, 5.41) is 18.0. The van der Waals surface area contributed by atoms with Crippen LogP contribution < -0.4 is 0 Å². The maximum absolute atomic E-state index is 11.8. The van der Waals surface area contributed by atoms with Crippen LogP contribution in [0.5, 0.6) is 0 Å². The van der Waals surface area contributed by atoms with Gasteiger partial charge in [-0.1, -0.05) is 0 Å². The second-order valence-electron chi connectivity index (χ2n) is 5.11. The van der Waals surface area contributed by atoms with Crippen molar-refractivity contribution in [3.8, 4) is 0 Å². The molecule has 0 atom stereocenters. The molecule has 0 spiro atoms. The zero-order valence-electron chi connectivity index (χ0n) is 9.93. The molecule has 1 aliphatic carbocycles. The zero-order chi connectivity index (χ0) is 12.5. The number of carboxylic acid groups (broad SMARTS) is 1. The number of aliphatic hydroxyl groups excluding tert-OH is 1. The number of carbonyl (C=O) groups is 2. The van der Waals surface area contributed by atoms with E-state index in [0.717, 1.165) is 0 Å². The van der Waals surface area contributed by atoms with Gasteiger partial charge in [-0.2, -0.15) is 0 Å². The predicted molar refractivity (Wildman–Crippen MR) is 57.8 cm³/mol. The minimum absolute atomic E-state index is 0.249. The molecule has 2 N–H and O–H groups in total. The Morgan fingerprint density at radius 3 is 2.25 bits per heavy atom. The Kier molecular flexibility index (Phi) is 3.57. The summed E-state index contributed by atoms with van der Waals surface area (Å²) in [5.41, 5.74) is -1.38. The summed E-state index contributed by atoms with van der Waals surface area (Å²) in [7, 11) is 1.61. The topological polar surface area (TPSA) is 77.8 Å². The quantitative estimate of drug-likeness (QED) is 0.681. The van der Waals surface area contributed by atoms with Crippen molar-refractivity contribution < 1.29 is 19.8 Å². The Hall–Kier alpha value is -1.10. The number of hydrogen-bond acceptors (Lipinski definition) is 3. The molecule has 1 amide bonds. The van der Waals surface area contributed by atoms with Gasteiger partial charge in [0.2, 0.25) is 5.91 Å². The molecule has 1 aliphatic rings. The van der Waals surface area contributed by atoms with E-state index in [1.165, 1.54) is 18.7 Å². The van der Waals surface area contributed by atoms with Crippen LogP contribution in [0.1, 0.15) is 26.7 Å². The van der Waals surface area contributed by atoms with Crippen LogP contribution in [0.3, 0.4) is 0 Å². The predicted octanol–water partition coefficient (Wildman–Crippen LogP) is 0.326. The van der Waals surface area contributed by atoms with E-state index in [1.807, 2.05) is 0 Å². The van der Waals surface area contributed by atoms with Gasteiger partial charge in [-0.15, -0.1) is 0 Å². The van der Waals surface area contributed by atoms with Gasteiger partial charge in [-0.3, -0.25) is 9.59 Å². The minimum atomic E-state index is -1.38. The number of rotatable bonds is 4. The van der Waals surface area contributed by atoms with Crippen molar-refractivity contribution in [1.29, 1.82) is 0 Å². The van der Waals surface area contributed by atoms with Gasteiger partial charge in [-0.05, 0) is 32.6 Å². The van der Waals surface area contributed by atoms with Gasteiger partial charge < -0.3 is 15.1 Å². The first-order valence-electron chi connectivity index (χ1n) is 5.42. The Bertz CT molecular complexity index is 294. The maximum atomic E-state index is 11.8. The summed E-state index contributed by atoms with van der Waals surface area (Å²) in [6.45, 7) is 3.33. The number of amides is 1. The first-order valence-corrected chi connectivity index (χ1v) is 5.42. The van der Waals surface area contributed by atoms with Gasteiger partial charge in [0.1, 0.15) is 5.41 Å². The molecule has 0 saturated heterocycles. The molecule has 0 bridgehead atoms. The molecule has 5 nitrogen and oxygen atoms in total. The van der Waals surface area contributed by atoms with E-state index >= 15 is 0 Å². The first kappa shape index (κ1) is 13.0. The van der Waals surface area contributed by atoms with Crippen molar-refractivity contribution in [2.75, 3.05) is 13.6 Å². The smallest absolute Gasteiger partial charge is 0.318 e. The van der Waals surface area contributed by atoms with Crippen LogP contribution in [-0.4, -0.2) is 46.7 Å². The standard InChI is InChI=1S/C11H19NO4/c1-11(2,10(15)16)9(14)12(3)6-7-4-8(13)5-7/h7-8,13H,4-6H2,1-3H3,(H,15,16). The first-order chi connectivity index (χ1) is 7.25. The van der Waals surface area contributed by atoms with Crippen LogP contribution in [0.2, 0.25) is 0 Å². The van der Waals surface area contributed by atoms with Gasteiger partial charge in [0.05, 0.1) is 6.10 Å². The van der Waals surface area contributed by atoms with Crippen molar-refractivity contribution in [2.24, 2.45) is 11.3 Å². The molecule has 1 fully saturated rings. The average molecular weight is 229 g/mol. The molecule has 1 saturated carbocycles. The highest BCUT2D eigenvalue weighted by Gasteiger charge is 2.39. The average Bonchev–Trinajstić information content (AvgIpc) is 2.13. The molecule has 0 aliphatic heterocycles. The van der Waals surface area contributed by atoms with Gasteiger partial charge in [0.15, 0.2) is 0 Å². The molecule has 0 unspecified atom stereocenters. The molecule has 5 heteroatoms. The number of aliphatic hydroxyl groups is 1. The van der Waals surface area contributed by atoms with Crippen LogP contribution in [0.4, 0.5) is 0 Å². The molecule has 1 rings (SSSR count). The SMILES string of the molecule is CN(CC1CC(O)C1)C(=O)C(C)(C)C(=O)O. The molecular weight excluding hydrogens is 210 g/mol. The van der Waals surface area contributed by atoms with Gasteiger partial charge >= 0.3 is 5.97 Å². The Balaban J connectivity index is 2.50. The monoisotopic (exact) mass is 229 g/mol. The lowest BCUT2D eigenvalue weighted by Gasteiger charge is -2.36. The number of aliphatic carboxylic acids is 1. The van der Waals surface area contributed by atoms with Crippen LogP contribution in [-0.2, 0) is 9.59 Å². The fourth-order valence-corrected chi connectivity index (χ4v) is 1.89. The highest BCUT2D eigenvalue weighted by molar-refractivity contribution is 6.00. The van der Waals surface area contributed by atoms with Crippen molar-refractivity contribution in [1.82, 2.24) is 4.90 Å². The van der Waals surface area contributed by atoms with Crippen LogP contribution in [0.25, 0.3) is 0 Å². The fraction of sp³-hybridized carbons (Fsp3) is 0.818. The Morgan fingerprint density at radius 1 is 1.38 bits per heavy atom. The number of hydrogen-bond donors (Lipinski definition) is 2. The Morgan fingerprint density at radius 2 is 1.88 bits per heavy atom. The van der Waals surface area contributed by atoms with Crippen molar-refractivity contribution in [3.05, 3.63) is 0 Å². The lowest BCUT2D eigenvalue weighted by molar-refractivity contribution is -0.158. The van der Waals surface area contributed by atoms with Crippen molar-refractivity contribution >= 4 is 11.9 Å². The Labute approximate surface area is 95.1 Å². The third-order valence-electron chi connectivity index (χ3n) is 3.16.